The highest BCUT2D eigenvalue weighted by Gasteiger charge is 2.10. The molecule has 0 spiro atoms. The van der Waals surface area contributed by atoms with E-state index in [1.807, 2.05) is 61.5 Å². The third-order valence-corrected chi connectivity index (χ3v) is 3.41. The van der Waals surface area contributed by atoms with E-state index in [1.165, 1.54) is 5.56 Å². The van der Waals surface area contributed by atoms with Crippen LogP contribution in [0, 0.1) is 6.92 Å². The minimum Gasteiger partial charge on any atom is -0.419 e. The largest absolute Gasteiger partial charge is 0.419 e. The second kappa shape index (κ2) is 6.87. The van der Waals surface area contributed by atoms with Gasteiger partial charge in [0.2, 0.25) is 17.7 Å². The Kier molecular flexibility index (Phi) is 4.47. The minimum atomic E-state index is -0.0775. The maximum absolute atomic E-state index is 11.9. The molecule has 5 heteroatoms. The summed E-state index contributed by atoms with van der Waals surface area (Å²) in [6, 6.07) is 17.4. The van der Waals surface area contributed by atoms with E-state index in [2.05, 4.69) is 15.5 Å². The van der Waals surface area contributed by atoms with Crippen molar-refractivity contribution in [1.29, 1.82) is 0 Å². The first-order valence-corrected chi connectivity index (χ1v) is 7.41. The first kappa shape index (κ1) is 15.0. The van der Waals surface area contributed by atoms with Crippen molar-refractivity contribution in [1.82, 2.24) is 15.5 Å². The van der Waals surface area contributed by atoms with E-state index in [4.69, 9.17) is 4.42 Å². The van der Waals surface area contributed by atoms with Crippen LogP contribution < -0.4 is 5.32 Å². The summed E-state index contributed by atoms with van der Waals surface area (Å²) in [5, 5.41) is 10.8. The molecule has 2 aromatic carbocycles. The molecule has 1 aromatic heterocycles. The molecule has 0 aliphatic carbocycles. The Hall–Kier alpha value is -2.95. The number of aryl methyl sites for hydroxylation is 1. The van der Waals surface area contributed by atoms with E-state index in [9.17, 15) is 4.79 Å². The number of carbonyl (C=O) groups is 1. The van der Waals surface area contributed by atoms with Gasteiger partial charge in [-0.25, -0.2) is 0 Å². The van der Waals surface area contributed by atoms with E-state index in [-0.39, 0.29) is 12.5 Å². The van der Waals surface area contributed by atoms with Crippen LogP contribution in [0.4, 0.5) is 0 Å². The van der Waals surface area contributed by atoms with E-state index < -0.39 is 0 Å². The van der Waals surface area contributed by atoms with Gasteiger partial charge in [0.25, 0.3) is 0 Å². The highest BCUT2D eigenvalue weighted by Crippen LogP contribution is 2.18. The van der Waals surface area contributed by atoms with Crippen LogP contribution in [0.25, 0.3) is 11.5 Å². The quantitative estimate of drug-likeness (QED) is 0.787. The Labute approximate surface area is 134 Å². The van der Waals surface area contributed by atoms with Gasteiger partial charge < -0.3 is 9.73 Å². The van der Waals surface area contributed by atoms with Gasteiger partial charge in [-0.1, -0.05) is 48.0 Å². The zero-order chi connectivity index (χ0) is 16.1. The van der Waals surface area contributed by atoms with Crippen molar-refractivity contribution in [3.8, 4) is 11.5 Å². The van der Waals surface area contributed by atoms with Crippen LogP contribution in [0.15, 0.2) is 59.0 Å². The molecule has 1 N–H and O–H groups in total. The fourth-order valence-electron chi connectivity index (χ4n) is 2.16. The fourth-order valence-corrected chi connectivity index (χ4v) is 2.16. The zero-order valence-corrected chi connectivity index (χ0v) is 12.8. The molecule has 116 valence electrons. The lowest BCUT2D eigenvalue weighted by Crippen LogP contribution is -2.24. The molecule has 23 heavy (non-hydrogen) atoms. The molecule has 0 aliphatic heterocycles. The van der Waals surface area contributed by atoms with E-state index in [0.717, 1.165) is 11.1 Å². The summed E-state index contributed by atoms with van der Waals surface area (Å²) >= 11 is 0. The second-order valence-corrected chi connectivity index (χ2v) is 5.31. The number of nitrogens with one attached hydrogen (secondary N) is 1. The van der Waals surface area contributed by atoms with E-state index in [1.54, 1.807) is 0 Å². The molecule has 3 rings (SSSR count). The maximum Gasteiger partial charge on any atom is 0.247 e. The molecule has 0 aliphatic rings. The first-order chi connectivity index (χ1) is 11.2. The van der Waals surface area contributed by atoms with Crippen molar-refractivity contribution in [2.24, 2.45) is 0 Å². The number of hydrogen-bond acceptors (Lipinski definition) is 4. The van der Waals surface area contributed by atoms with Crippen molar-refractivity contribution in [3.63, 3.8) is 0 Å². The first-order valence-electron chi connectivity index (χ1n) is 7.41. The normalized spacial score (nSPS) is 10.5. The Bertz CT molecular complexity index is 780. The standard InChI is InChI=1S/C18H17N3O2/c1-13-7-9-15(10-8-13)18-21-20-17(23-18)12-19-16(22)11-14-5-3-2-4-6-14/h2-10H,11-12H2,1H3,(H,19,22). The molecule has 0 unspecified atom stereocenters. The van der Waals surface area contributed by atoms with E-state index >= 15 is 0 Å². The summed E-state index contributed by atoms with van der Waals surface area (Å²) in [6.07, 6.45) is 0.333. The number of benzene rings is 2. The SMILES string of the molecule is Cc1ccc(-c2nnc(CNC(=O)Cc3ccccc3)o2)cc1. The van der Waals surface area contributed by atoms with Gasteiger partial charge in [0, 0.05) is 5.56 Å². The minimum absolute atomic E-state index is 0.0775. The number of hydrogen-bond donors (Lipinski definition) is 1. The summed E-state index contributed by atoms with van der Waals surface area (Å²) in [7, 11) is 0. The Morgan fingerprint density at radius 2 is 1.78 bits per heavy atom. The third-order valence-electron chi connectivity index (χ3n) is 3.41. The molecule has 0 radical (unpaired) electrons. The van der Waals surface area contributed by atoms with Crippen LogP contribution in [-0.4, -0.2) is 16.1 Å². The molecule has 5 nitrogen and oxygen atoms in total. The molecule has 0 atom stereocenters. The highest BCUT2D eigenvalue weighted by atomic mass is 16.4. The Balaban J connectivity index is 1.57. The zero-order valence-electron chi connectivity index (χ0n) is 12.8. The number of nitrogens with zero attached hydrogens (tertiary/aromatic N) is 2. The molecular formula is C18H17N3O2. The van der Waals surface area contributed by atoms with Crippen LogP contribution in [0.1, 0.15) is 17.0 Å². The molecule has 3 aromatic rings. The van der Waals surface area contributed by atoms with Crippen molar-refractivity contribution in [2.75, 3.05) is 0 Å². The number of carbonyl (C=O) groups excluding carboxylic acids is 1. The Morgan fingerprint density at radius 3 is 2.52 bits per heavy atom. The van der Waals surface area contributed by atoms with Crippen LogP contribution in [0.2, 0.25) is 0 Å². The van der Waals surface area contributed by atoms with Gasteiger partial charge in [-0.3, -0.25) is 4.79 Å². The van der Waals surface area contributed by atoms with Crippen molar-refractivity contribution >= 4 is 5.91 Å². The highest BCUT2D eigenvalue weighted by molar-refractivity contribution is 5.78. The fraction of sp³-hybridized carbons (Fsp3) is 0.167. The molecule has 1 amide bonds. The van der Waals surface area contributed by atoms with Gasteiger partial charge in [0.1, 0.15) is 0 Å². The summed E-state index contributed by atoms with van der Waals surface area (Å²) in [5.74, 6) is 0.769. The molecule has 0 saturated carbocycles. The van der Waals surface area contributed by atoms with Gasteiger partial charge in [0.15, 0.2) is 0 Å². The van der Waals surface area contributed by atoms with Crippen molar-refractivity contribution in [2.45, 2.75) is 19.9 Å². The van der Waals surface area contributed by atoms with Crippen molar-refractivity contribution in [3.05, 3.63) is 71.6 Å². The molecular weight excluding hydrogens is 290 g/mol. The molecule has 0 saturated heterocycles. The molecule has 1 heterocycles. The average Bonchev–Trinajstić information content (AvgIpc) is 3.04. The van der Waals surface area contributed by atoms with Crippen LogP contribution in [0.5, 0.6) is 0 Å². The molecule has 0 fully saturated rings. The smallest absolute Gasteiger partial charge is 0.247 e. The van der Waals surface area contributed by atoms with Crippen LogP contribution in [0.3, 0.4) is 0 Å². The maximum atomic E-state index is 11.9. The van der Waals surface area contributed by atoms with Crippen LogP contribution >= 0.6 is 0 Å². The summed E-state index contributed by atoms with van der Waals surface area (Å²) < 4.78 is 5.57. The van der Waals surface area contributed by atoms with Gasteiger partial charge >= 0.3 is 0 Å². The number of aromatic nitrogens is 2. The van der Waals surface area contributed by atoms with Gasteiger partial charge in [-0.15, -0.1) is 10.2 Å². The number of rotatable bonds is 5. The Morgan fingerprint density at radius 1 is 1.04 bits per heavy atom. The van der Waals surface area contributed by atoms with Gasteiger partial charge in [-0.2, -0.15) is 0 Å². The monoisotopic (exact) mass is 307 g/mol. The lowest BCUT2D eigenvalue weighted by molar-refractivity contribution is -0.120. The van der Waals surface area contributed by atoms with Gasteiger partial charge in [0.05, 0.1) is 13.0 Å². The second-order valence-electron chi connectivity index (χ2n) is 5.31. The third kappa shape index (κ3) is 4.03. The lowest BCUT2D eigenvalue weighted by Gasteiger charge is -2.02. The average molecular weight is 307 g/mol. The lowest BCUT2D eigenvalue weighted by atomic mass is 10.1. The summed E-state index contributed by atoms with van der Waals surface area (Å²) in [6.45, 7) is 2.25. The number of amides is 1. The summed E-state index contributed by atoms with van der Waals surface area (Å²) in [4.78, 5) is 11.9. The topological polar surface area (TPSA) is 68.0 Å². The predicted molar refractivity (Wildman–Crippen MR) is 86.5 cm³/mol. The van der Waals surface area contributed by atoms with Crippen LogP contribution in [-0.2, 0) is 17.8 Å². The summed E-state index contributed by atoms with van der Waals surface area (Å²) in [5.41, 5.74) is 3.00. The van der Waals surface area contributed by atoms with E-state index in [0.29, 0.717) is 18.2 Å². The van der Waals surface area contributed by atoms with Crippen molar-refractivity contribution < 1.29 is 9.21 Å². The molecule has 0 bridgehead atoms. The van der Waals surface area contributed by atoms with Gasteiger partial charge in [-0.05, 0) is 24.6 Å². The predicted octanol–water partition coefficient (Wildman–Crippen LogP) is 2.90.